The van der Waals surface area contributed by atoms with Gasteiger partial charge in [0.05, 0.1) is 32.0 Å². The van der Waals surface area contributed by atoms with E-state index in [-0.39, 0.29) is 68.8 Å². The number of nitrogens with two attached hydrogens (primary N) is 1. The lowest BCUT2D eigenvalue weighted by Gasteiger charge is -2.37. The summed E-state index contributed by atoms with van der Waals surface area (Å²) in [5, 5.41) is 33.8. The maximum absolute atomic E-state index is 15.6. The highest BCUT2D eigenvalue weighted by molar-refractivity contribution is 7.13. The molecule has 16 nitrogen and oxygen atoms in total. The van der Waals surface area contributed by atoms with Crippen LogP contribution >= 0.6 is 11.3 Å². The maximum Gasteiger partial charge on any atom is 0.335 e. The number of aliphatic hydroxyl groups excluding tert-OH is 1. The Labute approximate surface area is 392 Å². The van der Waals surface area contributed by atoms with Gasteiger partial charge >= 0.3 is 5.97 Å². The Kier molecular flexibility index (Phi) is 18.3. The van der Waals surface area contributed by atoms with Gasteiger partial charge in [0, 0.05) is 54.3 Å². The number of hydrogen-bond acceptors (Lipinski definition) is 13. The van der Waals surface area contributed by atoms with Crippen LogP contribution in [0.25, 0.3) is 11.1 Å². The molecule has 4 atom stereocenters. The lowest BCUT2D eigenvalue weighted by atomic mass is 9.81. The number of aromatic carboxylic acids is 1. The second-order valence-corrected chi connectivity index (χ2v) is 17.1. The summed E-state index contributed by atoms with van der Waals surface area (Å²) >= 11 is 1.32. The molecule has 1 aromatic heterocycles. The van der Waals surface area contributed by atoms with Crippen LogP contribution in [0, 0.1) is 5.82 Å². The first-order valence-electron chi connectivity index (χ1n) is 22.1. The minimum atomic E-state index is -1.49. The number of rotatable bonds is 25. The SMILES string of the molecule is CCCC(NC(=O)C(O)C(N)Cc1ccccc1)C(=O)NCCOCCOCCOc1cc2c(cc1Oc1ccc(-c3ccc(C(=O)O)cc3)c(F)c1)[C@@](C)(CC(=O)Nc1nccs1)NCC2. The Balaban J connectivity index is 1.01. The van der Waals surface area contributed by atoms with E-state index in [1.54, 1.807) is 35.8 Å². The number of carbonyl (C=O) groups is 4. The van der Waals surface area contributed by atoms with Gasteiger partial charge in [0.1, 0.15) is 30.3 Å². The van der Waals surface area contributed by atoms with Crippen molar-refractivity contribution in [3.05, 3.63) is 125 Å². The number of carbonyl (C=O) groups excluding carboxylic acids is 3. The molecule has 3 amide bonds. The summed E-state index contributed by atoms with van der Waals surface area (Å²) in [6.45, 7) is 5.60. The molecule has 4 aromatic carbocycles. The first kappa shape index (κ1) is 50.1. The molecule has 3 unspecified atom stereocenters. The van der Waals surface area contributed by atoms with Crippen LogP contribution in [0.5, 0.6) is 17.2 Å². The summed E-state index contributed by atoms with van der Waals surface area (Å²) < 4.78 is 39.5. The van der Waals surface area contributed by atoms with Gasteiger partial charge in [0.15, 0.2) is 16.6 Å². The number of halogens is 1. The molecule has 0 saturated carbocycles. The van der Waals surface area contributed by atoms with E-state index in [0.29, 0.717) is 54.4 Å². The third-order valence-electron chi connectivity index (χ3n) is 11.1. The number of nitrogens with zero attached hydrogens (tertiary/aromatic N) is 1. The van der Waals surface area contributed by atoms with Crippen LogP contribution in [0.1, 0.15) is 60.2 Å². The van der Waals surface area contributed by atoms with Gasteiger partial charge in [-0.15, -0.1) is 11.3 Å². The highest BCUT2D eigenvalue weighted by atomic mass is 32.1. The zero-order chi connectivity index (χ0) is 47.8. The molecule has 356 valence electrons. The summed E-state index contributed by atoms with van der Waals surface area (Å²) in [7, 11) is 0. The molecule has 5 aromatic rings. The molecule has 2 heterocycles. The molecule has 18 heteroatoms. The molecule has 0 fully saturated rings. The third-order valence-corrected chi connectivity index (χ3v) is 11.8. The number of benzene rings is 4. The van der Waals surface area contributed by atoms with Crippen molar-refractivity contribution in [2.75, 3.05) is 51.4 Å². The van der Waals surface area contributed by atoms with Crippen molar-refractivity contribution in [2.45, 2.75) is 69.7 Å². The highest BCUT2D eigenvalue weighted by Gasteiger charge is 2.36. The normalized spacial score (nSPS) is 15.7. The smallest absolute Gasteiger partial charge is 0.335 e. The number of aromatic nitrogens is 1. The van der Waals surface area contributed by atoms with E-state index in [1.165, 1.54) is 29.5 Å². The van der Waals surface area contributed by atoms with E-state index in [4.69, 9.17) is 24.7 Å². The van der Waals surface area contributed by atoms with E-state index in [2.05, 4.69) is 26.3 Å². The molecule has 0 spiro atoms. The molecule has 6 rings (SSSR count). The standard InChI is InChI=1S/C49H57FN6O10S/c1-3-7-40(55-46(60)44(58)39(51)26-31-8-5-4-6-9-31)45(59)52-18-20-63-21-22-64-23-24-65-41-27-34-16-17-54-49(2,30-43(57)56-48-53-19-25-67-48)37(34)29-42(41)66-35-14-15-36(38(50)28-35)32-10-12-33(13-11-32)47(61)62/h4-6,8-15,19,25,27-29,39-40,44,54,58H,3,7,16-18,20-24,26,30,51H2,1-2H3,(H,52,59)(H,55,60)(H,61,62)(H,53,56,57)/t39?,40?,44?,49-/m1/s1. The summed E-state index contributed by atoms with van der Waals surface area (Å²) in [4.78, 5) is 54.4. The summed E-state index contributed by atoms with van der Waals surface area (Å²) in [5.41, 5.74) is 8.81. The summed E-state index contributed by atoms with van der Waals surface area (Å²) in [6, 6.07) is 21.6. The van der Waals surface area contributed by atoms with Crippen LogP contribution < -0.4 is 36.5 Å². The van der Waals surface area contributed by atoms with E-state index in [1.807, 2.05) is 56.3 Å². The van der Waals surface area contributed by atoms with E-state index < -0.39 is 47.3 Å². The predicted molar refractivity (Wildman–Crippen MR) is 251 cm³/mol. The number of carboxylic acids is 1. The topological polar surface area (TPSA) is 233 Å². The number of amides is 3. The number of nitrogens with one attached hydrogen (secondary N) is 4. The first-order valence-corrected chi connectivity index (χ1v) is 23.0. The minimum absolute atomic E-state index is 0.0877. The quantitative estimate of drug-likeness (QED) is 0.0355. The molecule has 0 bridgehead atoms. The Bertz CT molecular complexity index is 2430. The Morgan fingerprint density at radius 1 is 0.940 bits per heavy atom. The van der Waals surface area contributed by atoms with Gasteiger partial charge < -0.3 is 56.2 Å². The fraction of sp³-hybridized carbons (Fsp3) is 0.367. The van der Waals surface area contributed by atoms with Crippen LogP contribution in [0.2, 0.25) is 0 Å². The summed E-state index contributed by atoms with van der Waals surface area (Å²) in [6.07, 6.45) is 2.17. The minimum Gasteiger partial charge on any atom is -0.487 e. The van der Waals surface area contributed by atoms with Crippen molar-refractivity contribution in [3.8, 4) is 28.4 Å². The van der Waals surface area contributed by atoms with Crippen molar-refractivity contribution in [1.29, 1.82) is 0 Å². The molecule has 0 saturated heterocycles. The number of ether oxygens (including phenoxy) is 4. The monoisotopic (exact) mass is 940 g/mol. The van der Waals surface area contributed by atoms with Crippen LogP contribution in [0.3, 0.4) is 0 Å². The van der Waals surface area contributed by atoms with Crippen LogP contribution in [-0.2, 0) is 42.2 Å². The zero-order valence-corrected chi connectivity index (χ0v) is 38.2. The van der Waals surface area contributed by atoms with Crippen molar-refractivity contribution < 1.29 is 52.7 Å². The van der Waals surface area contributed by atoms with Gasteiger partial charge in [-0.25, -0.2) is 14.2 Å². The Morgan fingerprint density at radius 3 is 2.39 bits per heavy atom. The van der Waals surface area contributed by atoms with E-state index in [0.717, 1.165) is 16.7 Å². The van der Waals surface area contributed by atoms with Gasteiger partial charge in [-0.2, -0.15) is 0 Å². The van der Waals surface area contributed by atoms with Crippen molar-refractivity contribution >= 4 is 40.2 Å². The fourth-order valence-electron chi connectivity index (χ4n) is 7.63. The number of hydrogen-bond donors (Lipinski definition) is 7. The van der Waals surface area contributed by atoms with Gasteiger partial charge in [0.2, 0.25) is 11.8 Å². The number of anilines is 1. The molecular weight excluding hydrogens is 884 g/mol. The number of aliphatic hydroxyl groups is 1. The van der Waals surface area contributed by atoms with E-state index >= 15 is 4.39 Å². The summed E-state index contributed by atoms with van der Waals surface area (Å²) in [5.74, 6) is -2.11. The van der Waals surface area contributed by atoms with Gasteiger partial charge in [0.25, 0.3) is 5.91 Å². The molecule has 67 heavy (non-hydrogen) atoms. The largest absolute Gasteiger partial charge is 0.487 e. The van der Waals surface area contributed by atoms with Gasteiger partial charge in [-0.1, -0.05) is 55.8 Å². The van der Waals surface area contributed by atoms with Crippen molar-refractivity contribution in [3.63, 3.8) is 0 Å². The number of thiazole rings is 1. The second kappa shape index (κ2) is 24.5. The number of fused-ring (bicyclic) bond motifs is 1. The van der Waals surface area contributed by atoms with Crippen LogP contribution in [0.4, 0.5) is 9.52 Å². The van der Waals surface area contributed by atoms with Crippen LogP contribution in [0.15, 0.2) is 96.5 Å². The Morgan fingerprint density at radius 2 is 1.69 bits per heavy atom. The molecule has 0 aliphatic carbocycles. The first-order chi connectivity index (χ1) is 32.3. The van der Waals surface area contributed by atoms with Crippen molar-refractivity contribution in [1.82, 2.24) is 20.9 Å². The molecule has 0 radical (unpaired) electrons. The average Bonchev–Trinajstić information content (AvgIpc) is 3.82. The molecule has 1 aliphatic rings. The van der Waals surface area contributed by atoms with Crippen LogP contribution in [-0.4, -0.2) is 103 Å². The molecule has 8 N–H and O–H groups in total. The van der Waals surface area contributed by atoms with E-state index in [9.17, 15) is 29.4 Å². The second-order valence-electron chi connectivity index (χ2n) is 16.2. The average molecular weight is 941 g/mol. The third kappa shape index (κ3) is 14.4. The fourth-order valence-corrected chi connectivity index (χ4v) is 8.18. The predicted octanol–water partition coefficient (Wildman–Crippen LogP) is 5.57. The van der Waals surface area contributed by atoms with Crippen molar-refractivity contribution in [2.24, 2.45) is 5.73 Å². The lowest BCUT2D eigenvalue weighted by molar-refractivity contribution is -0.135. The number of carboxylic acid groups (broad SMARTS) is 1. The highest BCUT2D eigenvalue weighted by Crippen LogP contribution is 2.42. The molecule has 1 aliphatic heterocycles. The zero-order valence-electron chi connectivity index (χ0n) is 37.4. The Hall–Kier alpha value is -6.28. The van der Waals surface area contributed by atoms with Gasteiger partial charge in [-0.3, -0.25) is 14.4 Å². The molecular formula is C49H57FN6O10S. The maximum atomic E-state index is 15.6. The van der Waals surface area contributed by atoms with Gasteiger partial charge in [-0.05, 0) is 84.8 Å². The lowest BCUT2D eigenvalue weighted by Crippen LogP contribution is -2.54.